The Labute approximate surface area is 57.9 Å². The minimum atomic E-state index is 0.410. The molecule has 1 heterocycles. The summed E-state index contributed by atoms with van der Waals surface area (Å²) in [5.41, 5.74) is 0.451. The highest BCUT2D eigenvalue weighted by atomic mass is 35.5. The van der Waals surface area contributed by atoms with Crippen LogP contribution in [0.3, 0.4) is 0 Å². The van der Waals surface area contributed by atoms with Crippen LogP contribution >= 0.6 is 11.6 Å². The molecule has 9 heavy (non-hydrogen) atoms. The third-order valence-corrected chi connectivity index (χ3v) is 1.16. The van der Waals surface area contributed by atoms with E-state index in [-0.39, 0.29) is 0 Å². The molecule has 3 heteroatoms. The minimum Gasteiger partial charge on any atom is -0.266 e. The smallest absolute Gasteiger partial charge is 0.208 e. The van der Waals surface area contributed by atoms with E-state index in [1.807, 2.05) is 0 Å². The summed E-state index contributed by atoms with van der Waals surface area (Å²) in [6.07, 6.45) is 2.99. The molecule has 2 nitrogen and oxygen atoms in total. The van der Waals surface area contributed by atoms with Crippen molar-refractivity contribution in [2.45, 2.75) is 0 Å². The van der Waals surface area contributed by atoms with Gasteiger partial charge in [0.2, 0.25) is 5.69 Å². The monoisotopic (exact) mass is 138 g/mol. The molecule has 0 aliphatic heterocycles. The van der Waals surface area contributed by atoms with Gasteiger partial charge in [-0.15, -0.1) is 0 Å². The number of hydrogen-bond donors (Lipinski definition) is 0. The molecule has 44 valence electrons. The predicted molar refractivity (Wildman–Crippen MR) is 35.5 cm³/mol. The first kappa shape index (κ1) is 6.06. The topological polar surface area (TPSA) is 17.2 Å². The molecule has 0 saturated carbocycles. The Bertz CT molecular complexity index is 251. The van der Waals surface area contributed by atoms with Crippen LogP contribution in [0.15, 0.2) is 18.5 Å². The SMILES string of the molecule is [C-]#[N+]c1ccncc1Cl. The standard InChI is InChI=1S/C6H3ClN2/c1-8-6-2-3-9-4-5(6)7/h2-4H. The van der Waals surface area contributed by atoms with Gasteiger partial charge in [-0.05, 0) is 6.07 Å². The summed E-state index contributed by atoms with van der Waals surface area (Å²) < 4.78 is 0. The summed E-state index contributed by atoms with van der Waals surface area (Å²) in [6, 6.07) is 1.58. The highest BCUT2D eigenvalue weighted by Crippen LogP contribution is 2.21. The van der Waals surface area contributed by atoms with Crippen molar-refractivity contribution < 1.29 is 0 Å². The molecule has 0 bridgehead atoms. The molecule has 0 aliphatic rings. The molecular weight excluding hydrogens is 136 g/mol. The molecule has 0 radical (unpaired) electrons. The van der Waals surface area contributed by atoms with Crippen LogP contribution < -0.4 is 0 Å². The van der Waals surface area contributed by atoms with Crippen LogP contribution in [0, 0.1) is 6.57 Å². The lowest BCUT2D eigenvalue weighted by molar-refractivity contribution is 1.34. The molecule has 1 aromatic heterocycles. The number of halogens is 1. The minimum absolute atomic E-state index is 0.410. The second-order valence-electron chi connectivity index (χ2n) is 1.44. The van der Waals surface area contributed by atoms with E-state index in [0.29, 0.717) is 10.7 Å². The van der Waals surface area contributed by atoms with Gasteiger partial charge >= 0.3 is 0 Å². The molecule has 0 saturated heterocycles. The highest BCUT2D eigenvalue weighted by Gasteiger charge is 1.94. The first-order valence-corrected chi connectivity index (χ1v) is 2.69. The van der Waals surface area contributed by atoms with Crippen molar-refractivity contribution in [2.24, 2.45) is 0 Å². The molecule has 0 unspecified atom stereocenters. The third kappa shape index (κ3) is 1.18. The maximum atomic E-state index is 6.60. The lowest BCUT2D eigenvalue weighted by Crippen LogP contribution is -1.67. The Balaban J connectivity index is 3.20. The summed E-state index contributed by atoms with van der Waals surface area (Å²) in [7, 11) is 0. The fraction of sp³-hybridized carbons (Fsp3) is 0. The number of hydrogen-bond acceptors (Lipinski definition) is 1. The van der Waals surface area contributed by atoms with Gasteiger partial charge in [-0.25, -0.2) is 4.85 Å². The second-order valence-corrected chi connectivity index (χ2v) is 1.85. The zero-order chi connectivity index (χ0) is 6.69. The molecule has 0 N–H and O–H groups in total. The Morgan fingerprint density at radius 2 is 2.44 bits per heavy atom. The Morgan fingerprint density at radius 3 is 2.89 bits per heavy atom. The quantitative estimate of drug-likeness (QED) is 0.503. The van der Waals surface area contributed by atoms with Gasteiger partial charge < -0.3 is 0 Å². The van der Waals surface area contributed by atoms with Gasteiger partial charge in [-0.1, -0.05) is 11.6 Å². The van der Waals surface area contributed by atoms with E-state index in [9.17, 15) is 0 Å². The molecule has 0 aliphatic carbocycles. The Kier molecular flexibility index (Phi) is 1.66. The van der Waals surface area contributed by atoms with E-state index in [1.54, 1.807) is 12.3 Å². The molecule has 0 amide bonds. The first-order chi connectivity index (χ1) is 4.34. The summed E-state index contributed by atoms with van der Waals surface area (Å²) in [4.78, 5) is 6.87. The lowest BCUT2D eigenvalue weighted by atomic mass is 10.4. The van der Waals surface area contributed by atoms with Crippen molar-refractivity contribution in [1.29, 1.82) is 0 Å². The van der Waals surface area contributed by atoms with Crippen LogP contribution in [0.5, 0.6) is 0 Å². The van der Waals surface area contributed by atoms with Crippen LogP contribution in [-0.2, 0) is 0 Å². The number of rotatable bonds is 0. The lowest BCUT2D eigenvalue weighted by Gasteiger charge is -1.88. The molecule has 1 rings (SSSR count). The zero-order valence-electron chi connectivity index (χ0n) is 4.50. The van der Waals surface area contributed by atoms with Gasteiger partial charge in [0.25, 0.3) is 0 Å². The highest BCUT2D eigenvalue weighted by molar-refractivity contribution is 6.33. The summed E-state index contributed by atoms with van der Waals surface area (Å²) >= 11 is 5.55. The van der Waals surface area contributed by atoms with Gasteiger partial charge in [0.1, 0.15) is 0 Å². The van der Waals surface area contributed by atoms with Crippen LogP contribution in [0.4, 0.5) is 5.69 Å². The molecule has 0 aromatic carbocycles. The van der Waals surface area contributed by atoms with Gasteiger partial charge in [0, 0.05) is 12.4 Å². The third-order valence-electron chi connectivity index (χ3n) is 0.871. The number of aromatic nitrogens is 1. The van der Waals surface area contributed by atoms with Crippen molar-refractivity contribution in [1.82, 2.24) is 4.98 Å². The van der Waals surface area contributed by atoms with E-state index in [1.165, 1.54) is 6.20 Å². The largest absolute Gasteiger partial charge is 0.266 e. The summed E-state index contributed by atoms with van der Waals surface area (Å²) in [5, 5.41) is 0.410. The van der Waals surface area contributed by atoms with Gasteiger partial charge in [-0.2, -0.15) is 0 Å². The molecule has 0 atom stereocenters. The molecular formula is C6H3ClN2. The molecule has 1 aromatic rings. The van der Waals surface area contributed by atoms with Gasteiger partial charge in [0.05, 0.1) is 11.6 Å². The van der Waals surface area contributed by atoms with E-state index in [4.69, 9.17) is 18.2 Å². The molecule has 0 fully saturated rings. The van der Waals surface area contributed by atoms with E-state index in [0.717, 1.165) is 0 Å². The maximum Gasteiger partial charge on any atom is 0.208 e. The van der Waals surface area contributed by atoms with Crippen molar-refractivity contribution >= 4 is 17.3 Å². The summed E-state index contributed by atoms with van der Waals surface area (Å²) in [6.45, 7) is 6.60. The van der Waals surface area contributed by atoms with E-state index >= 15 is 0 Å². The fourth-order valence-corrected chi connectivity index (χ4v) is 0.620. The zero-order valence-corrected chi connectivity index (χ0v) is 5.26. The Morgan fingerprint density at radius 1 is 1.67 bits per heavy atom. The fourth-order valence-electron chi connectivity index (χ4n) is 0.459. The van der Waals surface area contributed by atoms with Crippen LogP contribution in [0.25, 0.3) is 4.85 Å². The van der Waals surface area contributed by atoms with Gasteiger partial charge in [-0.3, -0.25) is 4.98 Å². The maximum absolute atomic E-state index is 6.60. The van der Waals surface area contributed by atoms with Crippen molar-refractivity contribution in [3.05, 3.63) is 34.9 Å². The van der Waals surface area contributed by atoms with Crippen LogP contribution in [-0.4, -0.2) is 4.98 Å². The Hall–Kier alpha value is -1.07. The van der Waals surface area contributed by atoms with Crippen molar-refractivity contribution in [3.8, 4) is 0 Å². The van der Waals surface area contributed by atoms with Crippen molar-refractivity contribution in [3.63, 3.8) is 0 Å². The normalized spacial score (nSPS) is 8.44. The van der Waals surface area contributed by atoms with Crippen LogP contribution in [0.1, 0.15) is 0 Å². The predicted octanol–water partition coefficient (Wildman–Crippen LogP) is 2.29. The van der Waals surface area contributed by atoms with Crippen LogP contribution in [0.2, 0.25) is 5.02 Å². The van der Waals surface area contributed by atoms with E-state index < -0.39 is 0 Å². The number of nitrogens with zero attached hydrogens (tertiary/aromatic N) is 2. The number of pyridine rings is 1. The first-order valence-electron chi connectivity index (χ1n) is 2.31. The second kappa shape index (κ2) is 2.47. The van der Waals surface area contributed by atoms with Crippen molar-refractivity contribution in [2.75, 3.05) is 0 Å². The summed E-state index contributed by atoms with van der Waals surface area (Å²) in [5.74, 6) is 0. The average Bonchev–Trinajstić information content (AvgIpc) is 1.89. The average molecular weight is 139 g/mol. The van der Waals surface area contributed by atoms with Gasteiger partial charge in [0.15, 0.2) is 0 Å². The molecule has 0 spiro atoms. The van der Waals surface area contributed by atoms with E-state index in [2.05, 4.69) is 9.83 Å².